The van der Waals surface area contributed by atoms with E-state index < -0.39 is 0 Å². The van der Waals surface area contributed by atoms with Crippen LogP contribution in [0.5, 0.6) is 0 Å². The Kier molecular flexibility index (Phi) is 5.49. The number of carbonyl (C=O) groups excluding carboxylic acids is 1. The molecular formula is C20H19ClN4O. The van der Waals surface area contributed by atoms with Crippen LogP contribution in [-0.2, 0) is 0 Å². The summed E-state index contributed by atoms with van der Waals surface area (Å²) in [6.07, 6.45) is 1.54. The second-order valence-corrected chi connectivity index (χ2v) is 6.56. The van der Waals surface area contributed by atoms with Gasteiger partial charge in [-0.1, -0.05) is 37.6 Å². The van der Waals surface area contributed by atoms with E-state index in [1.54, 1.807) is 24.4 Å². The highest BCUT2D eigenvalue weighted by Crippen LogP contribution is 2.19. The average molecular weight is 367 g/mol. The molecule has 0 bridgehead atoms. The Labute approximate surface area is 157 Å². The van der Waals surface area contributed by atoms with Crippen molar-refractivity contribution < 1.29 is 4.79 Å². The number of carbonyl (C=O) groups is 1. The fourth-order valence-corrected chi connectivity index (χ4v) is 2.48. The first kappa shape index (κ1) is 17.9. The van der Waals surface area contributed by atoms with Crippen LogP contribution in [0, 0.1) is 0 Å². The summed E-state index contributed by atoms with van der Waals surface area (Å²) in [6.45, 7) is 4.26. The van der Waals surface area contributed by atoms with Crippen molar-refractivity contribution in [3.8, 4) is 0 Å². The molecule has 6 heteroatoms. The van der Waals surface area contributed by atoms with Crippen molar-refractivity contribution in [3.63, 3.8) is 0 Å². The van der Waals surface area contributed by atoms with Gasteiger partial charge in [-0.05, 0) is 53.9 Å². The number of hydrogen-bond donors (Lipinski definition) is 2. The van der Waals surface area contributed by atoms with Crippen molar-refractivity contribution in [1.29, 1.82) is 0 Å². The van der Waals surface area contributed by atoms with Gasteiger partial charge >= 0.3 is 0 Å². The average Bonchev–Trinajstić information content (AvgIpc) is 2.64. The zero-order valence-electron chi connectivity index (χ0n) is 14.5. The normalized spacial score (nSPS) is 10.6. The summed E-state index contributed by atoms with van der Waals surface area (Å²) in [5.74, 6) is 0.502. The molecule has 3 aromatic rings. The van der Waals surface area contributed by atoms with E-state index in [-0.39, 0.29) is 11.6 Å². The van der Waals surface area contributed by atoms with Gasteiger partial charge in [0.15, 0.2) is 0 Å². The van der Waals surface area contributed by atoms with Crippen molar-refractivity contribution >= 4 is 34.8 Å². The second-order valence-electron chi connectivity index (χ2n) is 6.13. The maximum absolute atomic E-state index is 12.4. The predicted molar refractivity (Wildman–Crippen MR) is 105 cm³/mol. The third-order valence-corrected chi connectivity index (χ3v) is 4.08. The first-order valence-corrected chi connectivity index (χ1v) is 8.66. The van der Waals surface area contributed by atoms with Gasteiger partial charge in [0.2, 0.25) is 5.95 Å². The molecule has 0 aliphatic rings. The SMILES string of the molecule is CC(C)c1ccc(NC(=O)c2ccnc(Nc3ccc(Cl)cc3)n2)cc1. The Morgan fingerprint density at radius 2 is 1.62 bits per heavy atom. The smallest absolute Gasteiger partial charge is 0.274 e. The third kappa shape index (κ3) is 4.58. The minimum atomic E-state index is -0.288. The number of amides is 1. The number of aromatic nitrogens is 2. The standard InChI is InChI=1S/C20H19ClN4O/c1-13(2)14-3-7-16(8-4-14)23-19(26)18-11-12-22-20(25-18)24-17-9-5-15(21)6-10-17/h3-13H,1-2H3,(H,23,26)(H,22,24,25). The lowest BCUT2D eigenvalue weighted by molar-refractivity contribution is 0.102. The van der Waals surface area contributed by atoms with Gasteiger partial charge in [-0.2, -0.15) is 0 Å². The van der Waals surface area contributed by atoms with Crippen LogP contribution in [0.3, 0.4) is 0 Å². The van der Waals surface area contributed by atoms with Gasteiger partial charge in [0.25, 0.3) is 5.91 Å². The van der Waals surface area contributed by atoms with E-state index in [1.165, 1.54) is 5.56 Å². The lowest BCUT2D eigenvalue weighted by Gasteiger charge is -2.09. The Morgan fingerprint density at radius 3 is 2.27 bits per heavy atom. The molecular weight excluding hydrogens is 348 g/mol. The summed E-state index contributed by atoms with van der Waals surface area (Å²) in [6, 6.07) is 16.5. The van der Waals surface area contributed by atoms with E-state index in [0.717, 1.165) is 11.4 Å². The number of halogens is 1. The summed E-state index contributed by atoms with van der Waals surface area (Å²) >= 11 is 5.87. The van der Waals surface area contributed by atoms with E-state index in [9.17, 15) is 4.79 Å². The van der Waals surface area contributed by atoms with Crippen molar-refractivity contribution in [1.82, 2.24) is 9.97 Å². The summed E-state index contributed by atoms with van der Waals surface area (Å²) < 4.78 is 0. The fraction of sp³-hybridized carbons (Fsp3) is 0.150. The molecule has 1 amide bonds. The predicted octanol–water partition coefficient (Wildman–Crippen LogP) is 5.25. The molecule has 1 aromatic heterocycles. The van der Waals surface area contributed by atoms with E-state index >= 15 is 0 Å². The molecule has 1 heterocycles. The van der Waals surface area contributed by atoms with Gasteiger partial charge < -0.3 is 10.6 Å². The van der Waals surface area contributed by atoms with Crippen LogP contribution in [0.15, 0.2) is 60.8 Å². The summed E-state index contributed by atoms with van der Waals surface area (Å²) in [5.41, 5.74) is 3.02. The first-order valence-electron chi connectivity index (χ1n) is 8.28. The second kappa shape index (κ2) is 7.97. The van der Waals surface area contributed by atoms with Crippen LogP contribution in [0.25, 0.3) is 0 Å². The third-order valence-electron chi connectivity index (χ3n) is 3.82. The number of rotatable bonds is 5. The Bertz CT molecular complexity index is 892. The van der Waals surface area contributed by atoms with Gasteiger partial charge in [0.05, 0.1) is 0 Å². The quantitative estimate of drug-likeness (QED) is 0.647. The van der Waals surface area contributed by atoms with Crippen LogP contribution in [0.4, 0.5) is 17.3 Å². The summed E-state index contributed by atoms with van der Waals surface area (Å²) in [4.78, 5) is 20.8. The lowest BCUT2D eigenvalue weighted by atomic mass is 10.0. The van der Waals surface area contributed by atoms with Crippen molar-refractivity contribution in [2.24, 2.45) is 0 Å². The zero-order chi connectivity index (χ0) is 18.5. The van der Waals surface area contributed by atoms with Crippen LogP contribution in [0.1, 0.15) is 35.8 Å². The molecule has 2 N–H and O–H groups in total. The zero-order valence-corrected chi connectivity index (χ0v) is 15.3. The van der Waals surface area contributed by atoms with Crippen molar-refractivity contribution in [2.45, 2.75) is 19.8 Å². The maximum Gasteiger partial charge on any atom is 0.274 e. The fourth-order valence-electron chi connectivity index (χ4n) is 2.35. The van der Waals surface area contributed by atoms with E-state index in [0.29, 0.717) is 16.9 Å². The van der Waals surface area contributed by atoms with Crippen LogP contribution in [0.2, 0.25) is 5.02 Å². The number of anilines is 3. The molecule has 0 saturated heterocycles. The molecule has 2 aromatic carbocycles. The van der Waals surface area contributed by atoms with Gasteiger partial charge in [-0.25, -0.2) is 9.97 Å². The molecule has 5 nitrogen and oxygen atoms in total. The topological polar surface area (TPSA) is 66.9 Å². The van der Waals surface area contributed by atoms with Gasteiger partial charge in [-0.3, -0.25) is 4.79 Å². The molecule has 0 radical (unpaired) electrons. The Balaban J connectivity index is 1.70. The molecule has 3 rings (SSSR count). The van der Waals surface area contributed by atoms with E-state index in [4.69, 9.17) is 11.6 Å². The number of hydrogen-bond acceptors (Lipinski definition) is 4. The highest BCUT2D eigenvalue weighted by atomic mass is 35.5. The molecule has 26 heavy (non-hydrogen) atoms. The monoisotopic (exact) mass is 366 g/mol. The van der Waals surface area contributed by atoms with Crippen LogP contribution < -0.4 is 10.6 Å². The van der Waals surface area contributed by atoms with Crippen LogP contribution >= 0.6 is 11.6 Å². The van der Waals surface area contributed by atoms with Crippen molar-refractivity contribution in [2.75, 3.05) is 10.6 Å². The van der Waals surface area contributed by atoms with E-state index in [2.05, 4.69) is 34.4 Å². The molecule has 0 atom stereocenters. The minimum Gasteiger partial charge on any atom is -0.324 e. The Morgan fingerprint density at radius 1 is 0.962 bits per heavy atom. The molecule has 0 unspecified atom stereocenters. The number of nitrogens with zero attached hydrogens (tertiary/aromatic N) is 2. The molecule has 132 valence electrons. The molecule has 0 aliphatic heterocycles. The highest BCUT2D eigenvalue weighted by Gasteiger charge is 2.10. The first-order chi connectivity index (χ1) is 12.5. The van der Waals surface area contributed by atoms with Crippen molar-refractivity contribution in [3.05, 3.63) is 77.1 Å². The molecule has 0 aliphatic carbocycles. The highest BCUT2D eigenvalue weighted by molar-refractivity contribution is 6.30. The molecule has 0 fully saturated rings. The van der Waals surface area contributed by atoms with Gasteiger partial charge in [0, 0.05) is 22.6 Å². The summed E-state index contributed by atoms with van der Waals surface area (Å²) in [7, 11) is 0. The Hall–Kier alpha value is -2.92. The van der Waals surface area contributed by atoms with Crippen LogP contribution in [-0.4, -0.2) is 15.9 Å². The maximum atomic E-state index is 12.4. The molecule has 0 saturated carbocycles. The largest absolute Gasteiger partial charge is 0.324 e. The van der Waals surface area contributed by atoms with Gasteiger partial charge in [0.1, 0.15) is 5.69 Å². The number of nitrogens with one attached hydrogen (secondary N) is 2. The lowest BCUT2D eigenvalue weighted by Crippen LogP contribution is -2.14. The van der Waals surface area contributed by atoms with E-state index in [1.807, 2.05) is 36.4 Å². The number of benzene rings is 2. The molecule has 0 spiro atoms. The van der Waals surface area contributed by atoms with Gasteiger partial charge in [-0.15, -0.1) is 0 Å². The minimum absolute atomic E-state index is 0.282. The summed E-state index contributed by atoms with van der Waals surface area (Å²) in [5, 5.41) is 6.54.